The van der Waals surface area contributed by atoms with E-state index in [1.165, 1.54) is 12.1 Å². The minimum atomic E-state index is -0.439. The quantitative estimate of drug-likeness (QED) is 0.305. The summed E-state index contributed by atoms with van der Waals surface area (Å²) in [5.74, 6) is 1.19. The maximum atomic E-state index is 12.8. The van der Waals surface area contributed by atoms with Gasteiger partial charge in [-0.3, -0.25) is 14.9 Å². The van der Waals surface area contributed by atoms with Gasteiger partial charge in [-0.1, -0.05) is 12.1 Å². The van der Waals surface area contributed by atoms with E-state index in [1.807, 2.05) is 50.2 Å². The van der Waals surface area contributed by atoms with Gasteiger partial charge in [-0.25, -0.2) is 0 Å². The lowest BCUT2D eigenvalue weighted by molar-refractivity contribution is -0.384. The van der Waals surface area contributed by atoms with E-state index in [9.17, 15) is 14.9 Å². The Morgan fingerprint density at radius 1 is 1.03 bits per heavy atom. The van der Waals surface area contributed by atoms with Crippen molar-refractivity contribution in [1.82, 2.24) is 0 Å². The molecule has 0 saturated heterocycles. The number of non-ortho nitro benzene ring substituents is 1. The van der Waals surface area contributed by atoms with E-state index in [2.05, 4.69) is 0 Å². The van der Waals surface area contributed by atoms with Gasteiger partial charge < -0.3 is 14.4 Å². The largest absolute Gasteiger partial charge is 0.488 e. The Hall–Kier alpha value is -4.13. The van der Waals surface area contributed by atoms with E-state index in [-0.39, 0.29) is 23.8 Å². The van der Waals surface area contributed by atoms with Gasteiger partial charge in [0.15, 0.2) is 5.76 Å². The molecule has 0 aliphatic carbocycles. The number of allylic oxidation sites excluding steroid dienone is 1. The molecule has 7 heteroatoms. The molecule has 1 aliphatic heterocycles. The molecule has 1 heterocycles. The van der Waals surface area contributed by atoms with Gasteiger partial charge in [0.1, 0.15) is 18.1 Å². The molecule has 0 spiro atoms. The number of benzene rings is 3. The molecule has 3 aromatic rings. The summed E-state index contributed by atoms with van der Waals surface area (Å²) in [5.41, 5.74) is 4.00. The fourth-order valence-electron chi connectivity index (χ4n) is 3.42. The molecule has 7 nitrogen and oxygen atoms in total. The molecule has 1 aliphatic rings. The van der Waals surface area contributed by atoms with E-state index in [0.717, 1.165) is 22.4 Å². The van der Waals surface area contributed by atoms with Crippen molar-refractivity contribution in [3.05, 3.63) is 98.8 Å². The molecule has 0 amide bonds. The van der Waals surface area contributed by atoms with E-state index in [1.54, 1.807) is 30.3 Å². The number of hydrogen-bond donors (Lipinski definition) is 0. The Morgan fingerprint density at radius 2 is 1.72 bits per heavy atom. The smallest absolute Gasteiger partial charge is 0.269 e. The molecule has 4 rings (SSSR count). The number of anilines is 1. The third-order valence-electron chi connectivity index (χ3n) is 5.29. The lowest BCUT2D eigenvalue weighted by Crippen LogP contribution is -2.08. The summed E-state index contributed by atoms with van der Waals surface area (Å²) < 4.78 is 11.8. The maximum absolute atomic E-state index is 12.8. The van der Waals surface area contributed by atoms with Gasteiger partial charge in [0, 0.05) is 37.5 Å². The summed E-state index contributed by atoms with van der Waals surface area (Å²) in [7, 11) is 3.94. The molecular weight excluding hydrogens is 408 g/mol. The van der Waals surface area contributed by atoms with Crippen molar-refractivity contribution < 1.29 is 19.2 Å². The van der Waals surface area contributed by atoms with Gasteiger partial charge in [0.05, 0.1) is 10.5 Å². The number of Topliss-reactive ketones (excluding diaryl/α,β-unsaturated/α-hetero) is 1. The van der Waals surface area contributed by atoms with Crippen molar-refractivity contribution in [2.24, 2.45) is 0 Å². The van der Waals surface area contributed by atoms with Crippen molar-refractivity contribution >= 4 is 23.2 Å². The molecule has 0 saturated carbocycles. The zero-order valence-electron chi connectivity index (χ0n) is 18.0. The van der Waals surface area contributed by atoms with Crippen LogP contribution in [-0.4, -0.2) is 24.8 Å². The van der Waals surface area contributed by atoms with Gasteiger partial charge in [0.2, 0.25) is 5.78 Å². The van der Waals surface area contributed by atoms with E-state index in [0.29, 0.717) is 17.1 Å². The summed E-state index contributed by atoms with van der Waals surface area (Å²) in [4.78, 5) is 25.2. The lowest BCUT2D eigenvalue weighted by Gasteiger charge is -2.12. The first-order valence-electron chi connectivity index (χ1n) is 10.0. The van der Waals surface area contributed by atoms with Crippen LogP contribution in [0, 0.1) is 17.0 Å². The summed E-state index contributed by atoms with van der Waals surface area (Å²) in [6.07, 6.45) is 1.73. The van der Waals surface area contributed by atoms with Crippen LogP contribution in [0.15, 0.2) is 66.4 Å². The number of nitro benzene ring substituents is 1. The van der Waals surface area contributed by atoms with Crippen molar-refractivity contribution in [2.45, 2.75) is 13.5 Å². The number of rotatable bonds is 6. The van der Waals surface area contributed by atoms with Crippen molar-refractivity contribution in [3.63, 3.8) is 0 Å². The second kappa shape index (κ2) is 8.55. The fraction of sp³-hybridized carbons (Fsp3) is 0.160. The van der Waals surface area contributed by atoms with E-state index < -0.39 is 4.92 Å². The predicted molar refractivity (Wildman–Crippen MR) is 122 cm³/mol. The van der Waals surface area contributed by atoms with Crippen molar-refractivity contribution in [2.75, 3.05) is 19.0 Å². The monoisotopic (exact) mass is 430 g/mol. The number of nitrogens with zero attached hydrogens (tertiary/aromatic N) is 2. The number of carbonyl (C=O) groups is 1. The number of carbonyl (C=O) groups excluding carboxylic acids is 1. The average molecular weight is 430 g/mol. The van der Waals surface area contributed by atoms with Crippen LogP contribution in [-0.2, 0) is 6.61 Å². The highest BCUT2D eigenvalue weighted by Crippen LogP contribution is 2.39. The Bertz CT molecular complexity index is 1210. The third kappa shape index (κ3) is 4.18. The normalized spacial score (nSPS) is 13.6. The Kier molecular flexibility index (Phi) is 5.64. The van der Waals surface area contributed by atoms with Gasteiger partial charge in [-0.05, 0) is 60.5 Å². The second-order valence-electron chi connectivity index (χ2n) is 7.70. The number of ether oxygens (including phenoxy) is 2. The summed E-state index contributed by atoms with van der Waals surface area (Å²) in [6, 6.07) is 17.5. The highest BCUT2D eigenvalue weighted by atomic mass is 16.6. The molecule has 0 N–H and O–H groups in total. The number of nitro groups is 1. The van der Waals surface area contributed by atoms with Gasteiger partial charge in [-0.15, -0.1) is 0 Å². The number of ketones is 1. The van der Waals surface area contributed by atoms with Crippen LogP contribution in [0.3, 0.4) is 0 Å². The molecule has 0 atom stereocenters. The molecular formula is C25H22N2O5. The lowest BCUT2D eigenvalue weighted by atomic mass is 10.1. The first-order chi connectivity index (χ1) is 15.3. The highest BCUT2D eigenvalue weighted by molar-refractivity contribution is 6.15. The molecule has 32 heavy (non-hydrogen) atoms. The Balaban J connectivity index is 1.51. The minimum Gasteiger partial charge on any atom is -0.488 e. The average Bonchev–Trinajstić information content (AvgIpc) is 3.10. The van der Waals surface area contributed by atoms with Crippen LogP contribution in [0.2, 0.25) is 0 Å². The van der Waals surface area contributed by atoms with Crippen molar-refractivity contribution in [3.8, 4) is 11.5 Å². The SMILES string of the molecule is Cc1c(OCc2ccc([N+](=O)[O-])cc2)ccc2c1O/C(=C\c1ccc(N(C)C)cc1)C2=O. The van der Waals surface area contributed by atoms with Crippen LogP contribution < -0.4 is 14.4 Å². The van der Waals surface area contributed by atoms with E-state index in [4.69, 9.17) is 9.47 Å². The number of hydrogen-bond acceptors (Lipinski definition) is 6. The molecule has 0 radical (unpaired) electrons. The third-order valence-corrected chi connectivity index (χ3v) is 5.29. The topological polar surface area (TPSA) is 81.9 Å². The second-order valence-corrected chi connectivity index (χ2v) is 7.70. The molecule has 0 fully saturated rings. The summed E-state index contributed by atoms with van der Waals surface area (Å²) in [6.45, 7) is 2.08. The zero-order valence-corrected chi connectivity index (χ0v) is 18.0. The van der Waals surface area contributed by atoms with Crippen LogP contribution >= 0.6 is 0 Å². The standard InChI is InChI=1S/C25H22N2O5/c1-16-22(31-15-18-6-10-20(11-7-18)27(29)30)13-12-21-24(28)23(32-25(16)21)14-17-4-8-19(9-5-17)26(2)3/h4-14H,15H2,1-3H3/b23-14-. The van der Waals surface area contributed by atoms with Crippen LogP contribution in [0.5, 0.6) is 11.5 Å². The van der Waals surface area contributed by atoms with Crippen LogP contribution in [0.1, 0.15) is 27.0 Å². The van der Waals surface area contributed by atoms with E-state index >= 15 is 0 Å². The maximum Gasteiger partial charge on any atom is 0.269 e. The highest BCUT2D eigenvalue weighted by Gasteiger charge is 2.30. The van der Waals surface area contributed by atoms with Gasteiger partial charge in [-0.2, -0.15) is 0 Å². The predicted octanol–water partition coefficient (Wildman–Crippen LogP) is 5.16. The first-order valence-corrected chi connectivity index (χ1v) is 10.0. The number of fused-ring (bicyclic) bond motifs is 1. The fourth-order valence-corrected chi connectivity index (χ4v) is 3.42. The summed E-state index contributed by atoms with van der Waals surface area (Å²) in [5, 5.41) is 10.8. The zero-order chi connectivity index (χ0) is 22.8. The molecule has 162 valence electrons. The van der Waals surface area contributed by atoms with Crippen LogP contribution in [0.25, 0.3) is 6.08 Å². The van der Waals surface area contributed by atoms with Gasteiger partial charge >= 0.3 is 0 Å². The van der Waals surface area contributed by atoms with Crippen LogP contribution in [0.4, 0.5) is 11.4 Å². The molecule has 0 bridgehead atoms. The minimum absolute atomic E-state index is 0.0324. The summed E-state index contributed by atoms with van der Waals surface area (Å²) >= 11 is 0. The molecule has 0 aromatic heterocycles. The van der Waals surface area contributed by atoms with Crippen molar-refractivity contribution in [1.29, 1.82) is 0 Å². The van der Waals surface area contributed by atoms with Gasteiger partial charge in [0.25, 0.3) is 5.69 Å². The Labute approximate surface area is 185 Å². The molecule has 0 unspecified atom stereocenters. The molecule has 3 aromatic carbocycles. The Morgan fingerprint density at radius 3 is 2.34 bits per heavy atom. The first kappa shape index (κ1) is 21.1.